The van der Waals surface area contributed by atoms with Gasteiger partial charge in [0.25, 0.3) is 5.91 Å². The van der Waals surface area contributed by atoms with Crippen molar-refractivity contribution >= 4 is 39.1 Å². The SMILES string of the molecule is Cc1nn(C)c2sc(C(=O)NCc3ccccc3Cl)cc12. The highest BCUT2D eigenvalue weighted by Crippen LogP contribution is 2.27. The van der Waals surface area contributed by atoms with Crippen molar-refractivity contribution in [1.82, 2.24) is 15.1 Å². The van der Waals surface area contributed by atoms with Gasteiger partial charge in [-0.25, -0.2) is 0 Å². The highest BCUT2D eigenvalue weighted by molar-refractivity contribution is 7.20. The zero-order valence-electron chi connectivity index (χ0n) is 11.7. The van der Waals surface area contributed by atoms with Crippen LogP contribution in [0, 0.1) is 6.92 Å². The standard InChI is InChI=1S/C15H14ClN3OS/c1-9-11-7-13(21-15(11)19(2)18-9)14(20)17-8-10-5-3-4-6-12(10)16/h3-7H,8H2,1-2H3,(H,17,20). The molecule has 0 saturated heterocycles. The molecule has 0 bridgehead atoms. The largest absolute Gasteiger partial charge is 0.347 e. The topological polar surface area (TPSA) is 46.9 Å². The number of rotatable bonds is 3. The Kier molecular flexibility index (Phi) is 3.69. The van der Waals surface area contributed by atoms with Crippen LogP contribution in [0.25, 0.3) is 10.2 Å². The lowest BCUT2D eigenvalue weighted by atomic mass is 10.2. The summed E-state index contributed by atoms with van der Waals surface area (Å²) in [5.74, 6) is -0.0875. The molecule has 1 aromatic carbocycles. The maximum absolute atomic E-state index is 12.2. The van der Waals surface area contributed by atoms with Gasteiger partial charge in [-0.3, -0.25) is 9.48 Å². The Morgan fingerprint density at radius 2 is 2.19 bits per heavy atom. The third kappa shape index (κ3) is 2.66. The van der Waals surface area contributed by atoms with Crippen LogP contribution in [0.4, 0.5) is 0 Å². The second-order valence-electron chi connectivity index (χ2n) is 4.81. The number of aromatic nitrogens is 2. The molecular weight excluding hydrogens is 306 g/mol. The first kappa shape index (κ1) is 14.1. The molecule has 0 unspecified atom stereocenters. The molecule has 1 amide bonds. The summed E-state index contributed by atoms with van der Waals surface area (Å²) in [6.45, 7) is 2.37. The van der Waals surface area contributed by atoms with Gasteiger partial charge >= 0.3 is 0 Å². The van der Waals surface area contributed by atoms with Gasteiger partial charge in [-0.2, -0.15) is 5.10 Å². The minimum atomic E-state index is -0.0875. The molecule has 0 atom stereocenters. The number of nitrogens with zero attached hydrogens (tertiary/aromatic N) is 2. The molecule has 2 heterocycles. The Labute approximate surface area is 131 Å². The quantitative estimate of drug-likeness (QED) is 0.803. The highest BCUT2D eigenvalue weighted by atomic mass is 35.5. The molecule has 3 rings (SSSR count). The van der Waals surface area contributed by atoms with Crippen molar-refractivity contribution in [2.45, 2.75) is 13.5 Å². The average molecular weight is 320 g/mol. The Hall–Kier alpha value is -1.85. The van der Waals surface area contributed by atoms with E-state index in [1.807, 2.05) is 44.3 Å². The molecule has 6 heteroatoms. The molecule has 0 saturated carbocycles. The highest BCUT2D eigenvalue weighted by Gasteiger charge is 2.15. The fourth-order valence-electron chi connectivity index (χ4n) is 2.22. The lowest BCUT2D eigenvalue weighted by Gasteiger charge is -2.05. The molecule has 0 aliphatic rings. The number of nitrogens with one attached hydrogen (secondary N) is 1. The van der Waals surface area contributed by atoms with Crippen LogP contribution < -0.4 is 5.32 Å². The van der Waals surface area contributed by atoms with E-state index in [1.54, 1.807) is 4.68 Å². The van der Waals surface area contributed by atoms with Crippen molar-refractivity contribution in [3.63, 3.8) is 0 Å². The van der Waals surface area contributed by atoms with Crippen LogP contribution in [-0.4, -0.2) is 15.7 Å². The molecule has 4 nitrogen and oxygen atoms in total. The first-order valence-corrected chi connectivity index (χ1v) is 7.70. The molecule has 3 aromatic rings. The van der Waals surface area contributed by atoms with E-state index in [0.717, 1.165) is 21.5 Å². The number of carbonyl (C=O) groups excluding carboxylic acids is 1. The van der Waals surface area contributed by atoms with Crippen LogP contribution in [0.5, 0.6) is 0 Å². The number of aryl methyl sites for hydroxylation is 2. The van der Waals surface area contributed by atoms with Gasteiger partial charge in [0.1, 0.15) is 4.83 Å². The minimum absolute atomic E-state index is 0.0875. The van der Waals surface area contributed by atoms with E-state index < -0.39 is 0 Å². The molecule has 0 fully saturated rings. The molecule has 0 aliphatic carbocycles. The van der Waals surface area contributed by atoms with Crippen LogP contribution in [0.2, 0.25) is 5.02 Å². The average Bonchev–Trinajstić information content (AvgIpc) is 3.00. The predicted octanol–water partition coefficient (Wildman–Crippen LogP) is 3.53. The monoisotopic (exact) mass is 319 g/mol. The summed E-state index contributed by atoms with van der Waals surface area (Å²) in [6.07, 6.45) is 0. The number of hydrogen-bond acceptors (Lipinski definition) is 3. The van der Waals surface area contributed by atoms with E-state index in [2.05, 4.69) is 10.4 Å². The van der Waals surface area contributed by atoms with Gasteiger partial charge in [0, 0.05) is 24.0 Å². The zero-order valence-corrected chi connectivity index (χ0v) is 13.3. The molecule has 108 valence electrons. The second kappa shape index (κ2) is 5.50. The lowest BCUT2D eigenvalue weighted by molar-refractivity contribution is 0.0955. The Morgan fingerprint density at radius 3 is 2.90 bits per heavy atom. The van der Waals surface area contributed by atoms with Crippen LogP contribution in [0.1, 0.15) is 20.9 Å². The maximum atomic E-state index is 12.2. The zero-order chi connectivity index (χ0) is 15.0. The molecule has 21 heavy (non-hydrogen) atoms. The maximum Gasteiger partial charge on any atom is 0.261 e. The third-order valence-corrected chi connectivity index (χ3v) is 4.89. The van der Waals surface area contributed by atoms with Crippen LogP contribution in [-0.2, 0) is 13.6 Å². The van der Waals surface area contributed by atoms with E-state index in [0.29, 0.717) is 16.4 Å². The molecule has 0 spiro atoms. The minimum Gasteiger partial charge on any atom is -0.347 e. The summed E-state index contributed by atoms with van der Waals surface area (Å²) in [4.78, 5) is 13.9. The van der Waals surface area contributed by atoms with Crippen molar-refractivity contribution in [2.75, 3.05) is 0 Å². The van der Waals surface area contributed by atoms with Crippen LogP contribution >= 0.6 is 22.9 Å². The van der Waals surface area contributed by atoms with E-state index >= 15 is 0 Å². The van der Waals surface area contributed by atoms with Crippen molar-refractivity contribution < 1.29 is 4.79 Å². The van der Waals surface area contributed by atoms with Gasteiger partial charge in [0.05, 0.1) is 10.6 Å². The number of carbonyl (C=O) groups is 1. The van der Waals surface area contributed by atoms with E-state index in [-0.39, 0.29) is 5.91 Å². The number of hydrogen-bond donors (Lipinski definition) is 1. The van der Waals surface area contributed by atoms with Gasteiger partial charge < -0.3 is 5.32 Å². The first-order chi connectivity index (χ1) is 10.1. The molecule has 1 N–H and O–H groups in total. The lowest BCUT2D eigenvalue weighted by Crippen LogP contribution is -2.21. The number of amides is 1. The second-order valence-corrected chi connectivity index (χ2v) is 6.25. The van der Waals surface area contributed by atoms with Gasteiger partial charge in [-0.05, 0) is 24.6 Å². The fraction of sp³-hybridized carbons (Fsp3) is 0.200. The summed E-state index contributed by atoms with van der Waals surface area (Å²) in [5.41, 5.74) is 1.85. The fourth-order valence-corrected chi connectivity index (χ4v) is 3.46. The van der Waals surface area contributed by atoms with Crippen molar-refractivity contribution in [2.24, 2.45) is 7.05 Å². The van der Waals surface area contributed by atoms with Crippen molar-refractivity contribution in [1.29, 1.82) is 0 Å². The number of thiophene rings is 1. The summed E-state index contributed by atoms with van der Waals surface area (Å²) in [5, 5.41) is 8.93. The summed E-state index contributed by atoms with van der Waals surface area (Å²) in [6, 6.07) is 9.39. The van der Waals surface area contributed by atoms with Crippen molar-refractivity contribution in [3.8, 4) is 0 Å². The third-order valence-electron chi connectivity index (χ3n) is 3.32. The summed E-state index contributed by atoms with van der Waals surface area (Å²) < 4.78 is 1.81. The Bertz CT molecular complexity index is 787. The number of halogens is 1. The van der Waals surface area contributed by atoms with E-state index in [9.17, 15) is 4.79 Å². The molecule has 0 radical (unpaired) electrons. The predicted molar refractivity (Wildman–Crippen MR) is 86.0 cm³/mol. The molecule has 0 aliphatic heterocycles. The molecular formula is C15H14ClN3OS. The normalized spacial score (nSPS) is 11.0. The van der Waals surface area contributed by atoms with Crippen LogP contribution in [0.3, 0.4) is 0 Å². The Balaban J connectivity index is 1.78. The van der Waals surface area contributed by atoms with E-state index in [1.165, 1.54) is 11.3 Å². The van der Waals surface area contributed by atoms with Gasteiger partial charge in [0.15, 0.2) is 0 Å². The number of fused-ring (bicyclic) bond motifs is 1. The molecule has 2 aromatic heterocycles. The number of benzene rings is 1. The van der Waals surface area contributed by atoms with E-state index in [4.69, 9.17) is 11.6 Å². The van der Waals surface area contributed by atoms with Crippen LogP contribution in [0.15, 0.2) is 30.3 Å². The Morgan fingerprint density at radius 1 is 1.43 bits per heavy atom. The smallest absolute Gasteiger partial charge is 0.261 e. The first-order valence-electron chi connectivity index (χ1n) is 6.51. The van der Waals surface area contributed by atoms with Gasteiger partial charge in [-0.1, -0.05) is 29.8 Å². The van der Waals surface area contributed by atoms with Gasteiger partial charge in [-0.15, -0.1) is 11.3 Å². The van der Waals surface area contributed by atoms with Gasteiger partial charge in [0.2, 0.25) is 0 Å². The summed E-state index contributed by atoms with van der Waals surface area (Å²) >= 11 is 7.53. The van der Waals surface area contributed by atoms with Crippen molar-refractivity contribution in [3.05, 3.63) is 51.5 Å². The summed E-state index contributed by atoms with van der Waals surface area (Å²) in [7, 11) is 1.89.